The summed E-state index contributed by atoms with van der Waals surface area (Å²) in [7, 11) is 0. The van der Waals surface area contributed by atoms with Crippen molar-refractivity contribution in [3.8, 4) is 0 Å². The molecule has 0 amide bonds. The Morgan fingerprint density at radius 1 is 0.833 bits per heavy atom. The third-order valence-corrected chi connectivity index (χ3v) is 6.85. The van der Waals surface area contributed by atoms with Crippen LogP contribution in [-0.2, 0) is 12.8 Å². The summed E-state index contributed by atoms with van der Waals surface area (Å²) in [6, 6.07) is 11.1. The Kier molecular flexibility index (Phi) is 9.68. The zero-order chi connectivity index (χ0) is 21.2. The topological polar surface area (TPSA) is 23.5 Å². The van der Waals surface area contributed by atoms with Crippen molar-refractivity contribution < 1.29 is 5.11 Å². The summed E-state index contributed by atoms with van der Waals surface area (Å²) < 4.78 is 0. The van der Waals surface area contributed by atoms with Crippen LogP contribution in [0.15, 0.2) is 30.3 Å². The van der Waals surface area contributed by atoms with E-state index in [0.29, 0.717) is 0 Å². The molecule has 2 heteroatoms. The van der Waals surface area contributed by atoms with E-state index in [4.69, 9.17) is 0 Å². The van der Waals surface area contributed by atoms with E-state index in [1.54, 1.807) is 0 Å². The third kappa shape index (κ3) is 6.31. The summed E-state index contributed by atoms with van der Waals surface area (Å²) in [6.07, 6.45) is 14.8. The van der Waals surface area contributed by atoms with E-state index >= 15 is 0 Å². The van der Waals surface area contributed by atoms with Gasteiger partial charge >= 0.3 is 0 Å². The molecule has 0 fully saturated rings. The van der Waals surface area contributed by atoms with E-state index in [2.05, 4.69) is 49.1 Å². The predicted octanol–water partition coefficient (Wildman–Crippen LogP) is 7.21. The molecule has 2 nitrogen and oxygen atoms in total. The van der Waals surface area contributed by atoms with Gasteiger partial charge in [0, 0.05) is 6.54 Å². The van der Waals surface area contributed by atoms with Gasteiger partial charge < -0.3 is 10.0 Å². The standard InChI is InChI=1S/C28H43NO/c1-3-5-7-13-19-29(20-14-8-6-4-2)22-28(30)27-21-23-15-9-10-16-24(23)25-17-11-12-18-26(25)27/h11-12,17-18,21,28,30H,3-10,13-16,19-20,22H2,1-2H3/t28-/m1/s1. The number of benzene rings is 2. The monoisotopic (exact) mass is 409 g/mol. The van der Waals surface area contributed by atoms with Crippen molar-refractivity contribution in [1.82, 2.24) is 4.90 Å². The highest BCUT2D eigenvalue weighted by atomic mass is 16.3. The molecule has 0 saturated heterocycles. The van der Waals surface area contributed by atoms with Gasteiger partial charge in [-0.1, -0.05) is 82.7 Å². The van der Waals surface area contributed by atoms with Crippen molar-refractivity contribution in [3.63, 3.8) is 0 Å². The molecule has 0 heterocycles. The molecule has 1 aliphatic rings. The minimum absolute atomic E-state index is 0.403. The van der Waals surface area contributed by atoms with Gasteiger partial charge in [-0.05, 0) is 79.1 Å². The molecule has 2 aromatic rings. The number of aliphatic hydroxyl groups excluding tert-OH is 1. The maximum atomic E-state index is 11.4. The second kappa shape index (κ2) is 12.5. The maximum Gasteiger partial charge on any atom is 0.0923 e. The van der Waals surface area contributed by atoms with Crippen LogP contribution in [0.25, 0.3) is 10.8 Å². The number of rotatable bonds is 13. The predicted molar refractivity (Wildman–Crippen MR) is 130 cm³/mol. The van der Waals surface area contributed by atoms with Crippen LogP contribution in [0.3, 0.4) is 0 Å². The lowest BCUT2D eigenvalue weighted by Gasteiger charge is -2.27. The molecule has 0 spiro atoms. The van der Waals surface area contributed by atoms with Crippen LogP contribution < -0.4 is 0 Å². The Morgan fingerprint density at radius 3 is 2.13 bits per heavy atom. The Bertz CT molecular complexity index is 757. The summed E-state index contributed by atoms with van der Waals surface area (Å²) in [5, 5.41) is 14.0. The Balaban J connectivity index is 1.75. The molecule has 0 unspecified atom stereocenters. The Morgan fingerprint density at radius 2 is 1.47 bits per heavy atom. The summed E-state index contributed by atoms with van der Waals surface area (Å²) in [5.41, 5.74) is 4.16. The number of fused-ring (bicyclic) bond motifs is 3. The molecular weight excluding hydrogens is 366 g/mol. The Hall–Kier alpha value is -1.38. The lowest BCUT2D eigenvalue weighted by atomic mass is 9.84. The molecule has 1 N–H and O–H groups in total. The van der Waals surface area contributed by atoms with Crippen LogP contribution in [-0.4, -0.2) is 29.6 Å². The molecule has 0 aliphatic heterocycles. The van der Waals surface area contributed by atoms with Crippen LogP contribution in [0.2, 0.25) is 0 Å². The molecule has 2 aromatic carbocycles. The summed E-state index contributed by atoms with van der Waals surface area (Å²) >= 11 is 0. The quantitative estimate of drug-likeness (QED) is 0.353. The molecule has 1 aliphatic carbocycles. The largest absolute Gasteiger partial charge is 0.387 e. The van der Waals surface area contributed by atoms with Crippen LogP contribution in [0, 0.1) is 0 Å². The van der Waals surface area contributed by atoms with Crippen molar-refractivity contribution in [3.05, 3.63) is 47.0 Å². The lowest BCUT2D eigenvalue weighted by molar-refractivity contribution is 0.111. The first-order valence-electron chi connectivity index (χ1n) is 12.7. The van der Waals surface area contributed by atoms with Gasteiger partial charge in [-0.3, -0.25) is 0 Å². The third-order valence-electron chi connectivity index (χ3n) is 6.85. The van der Waals surface area contributed by atoms with Gasteiger partial charge in [-0.15, -0.1) is 0 Å². The lowest BCUT2D eigenvalue weighted by Crippen LogP contribution is -2.31. The van der Waals surface area contributed by atoms with Crippen LogP contribution >= 0.6 is 0 Å². The zero-order valence-corrected chi connectivity index (χ0v) is 19.5. The fraction of sp³-hybridized carbons (Fsp3) is 0.643. The maximum absolute atomic E-state index is 11.4. The average molecular weight is 410 g/mol. The molecule has 166 valence electrons. The second-order valence-electron chi connectivity index (χ2n) is 9.29. The van der Waals surface area contributed by atoms with Gasteiger partial charge in [-0.2, -0.15) is 0 Å². The minimum Gasteiger partial charge on any atom is -0.387 e. The number of nitrogens with zero attached hydrogens (tertiary/aromatic N) is 1. The minimum atomic E-state index is -0.403. The average Bonchev–Trinajstić information content (AvgIpc) is 2.78. The summed E-state index contributed by atoms with van der Waals surface area (Å²) in [6.45, 7) is 7.54. The highest BCUT2D eigenvalue weighted by molar-refractivity contribution is 5.90. The second-order valence-corrected chi connectivity index (χ2v) is 9.29. The molecule has 30 heavy (non-hydrogen) atoms. The van der Waals surface area contributed by atoms with Crippen molar-refractivity contribution >= 4 is 10.8 Å². The smallest absolute Gasteiger partial charge is 0.0923 e. The fourth-order valence-electron chi connectivity index (χ4n) is 5.10. The van der Waals surface area contributed by atoms with Crippen molar-refractivity contribution in [2.24, 2.45) is 0 Å². The molecule has 0 radical (unpaired) electrons. The van der Waals surface area contributed by atoms with Crippen LogP contribution in [0.4, 0.5) is 0 Å². The van der Waals surface area contributed by atoms with Crippen molar-refractivity contribution in [2.75, 3.05) is 19.6 Å². The van der Waals surface area contributed by atoms with E-state index in [-0.39, 0.29) is 0 Å². The molecule has 3 rings (SSSR count). The van der Waals surface area contributed by atoms with Gasteiger partial charge in [0.15, 0.2) is 0 Å². The van der Waals surface area contributed by atoms with Crippen LogP contribution in [0.1, 0.15) is 101 Å². The van der Waals surface area contributed by atoms with Gasteiger partial charge in [0.25, 0.3) is 0 Å². The van der Waals surface area contributed by atoms with Gasteiger partial charge in [0.1, 0.15) is 0 Å². The number of aryl methyl sites for hydroxylation is 2. The molecular formula is C28H43NO. The molecule has 0 bridgehead atoms. The molecule has 0 aromatic heterocycles. The SMILES string of the molecule is CCCCCCN(CCCCCC)C[C@@H](O)c1cc2c(c3ccccc13)CCCC2. The van der Waals surface area contributed by atoms with E-state index < -0.39 is 6.10 Å². The van der Waals surface area contributed by atoms with Gasteiger partial charge in [-0.25, -0.2) is 0 Å². The first-order chi connectivity index (χ1) is 14.7. The fourth-order valence-corrected chi connectivity index (χ4v) is 5.10. The Labute approximate surface area is 184 Å². The normalized spacial score (nSPS) is 14.9. The van der Waals surface area contributed by atoms with E-state index in [1.165, 1.54) is 92.5 Å². The van der Waals surface area contributed by atoms with Crippen LogP contribution in [0.5, 0.6) is 0 Å². The number of hydrogen-bond donors (Lipinski definition) is 1. The summed E-state index contributed by atoms with van der Waals surface area (Å²) in [5.74, 6) is 0. The first-order valence-corrected chi connectivity index (χ1v) is 12.7. The molecule has 1 atom stereocenters. The van der Waals surface area contributed by atoms with E-state index in [9.17, 15) is 5.11 Å². The highest BCUT2D eigenvalue weighted by Crippen LogP contribution is 2.34. The van der Waals surface area contributed by atoms with E-state index in [1.807, 2.05) is 0 Å². The first kappa shape index (κ1) is 23.3. The number of hydrogen-bond acceptors (Lipinski definition) is 2. The number of aliphatic hydroxyl groups is 1. The highest BCUT2D eigenvalue weighted by Gasteiger charge is 2.20. The molecule has 0 saturated carbocycles. The van der Waals surface area contributed by atoms with Crippen molar-refractivity contribution in [2.45, 2.75) is 97.0 Å². The zero-order valence-electron chi connectivity index (χ0n) is 19.5. The van der Waals surface area contributed by atoms with E-state index in [0.717, 1.165) is 31.6 Å². The summed E-state index contributed by atoms with van der Waals surface area (Å²) in [4.78, 5) is 2.53. The van der Waals surface area contributed by atoms with Gasteiger partial charge in [0.2, 0.25) is 0 Å². The van der Waals surface area contributed by atoms with Crippen molar-refractivity contribution in [1.29, 1.82) is 0 Å². The number of unbranched alkanes of at least 4 members (excludes halogenated alkanes) is 6. The van der Waals surface area contributed by atoms with Gasteiger partial charge in [0.05, 0.1) is 6.10 Å².